The second-order valence-corrected chi connectivity index (χ2v) is 5.32. The Hall–Kier alpha value is -3.29. The van der Waals surface area contributed by atoms with Crippen LogP contribution in [0.2, 0.25) is 0 Å². The second kappa shape index (κ2) is 9.11. The van der Waals surface area contributed by atoms with Gasteiger partial charge in [0.15, 0.2) is 0 Å². The van der Waals surface area contributed by atoms with Crippen LogP contribution < -0.4 is 21.7 Å². The molecule has 8 nitrogen and oxygen atoms in total. The predicted octanol–water partition coefficient (Wildman–Crippen LogP) is 0.292. The van der Waals surface area contributed by atoms with Gasteiger partial charge in [-0.25, -0.2) is 4.79 Å². The number of benzene rings is 1. The molecule has 1 atom stereocenters. The van der Waals surface area contributed by atoms with Crippen LogP contribution in [0, 0.1) is 0 Å². The van der Waals surface area contributed by atoms with E-state index >= 15 is 0 Å². The molecule has 1 aromatic carbocycles. The Morgan fingerprint density at radius 2 is 1.80 bits per heavy atom. The van der Waals surface area contributed by atoms with Crippen molar-refractivity contribution in [1.29, 1.82) is 0 Å². The van der Waals surface area contributed by atoms with E-state index in [2.05, 4.69) is 16.0 Å². The first-order chi connectivity index (χ1) is 12.0. The molecule has 132 valence electrons. The van der Waals surface area contributed by atoms with Gasteiger partial charge in [0.25, 0.3) is 0 Å². The summed E-state index contributed by atoms with van der Waals surface area (Å²) in [4.78, 5) is 35.1. The van der Waals surface area contributed by atoms with E-state index in [1.165, 1.54) is 6.26 Å². The van der Waals surface area contributed by atoms with Crippen molar-refractivity contribution >= 4 is 17.8 Å². The Labute approximate surface area is 144 Å². The molecule has 1 aromatic heterocycles. The van der Waals surface area contributed by atoms with E-state index in [-0.39, 0.29) is 25.4 Å². The molecule has 0 saturated carbocycles. The number of amides is 4. The second-order valence-electron chi connectivity index (χ2n) is 5.32. The zero-order valence-electron chi connectivity index (χ0n) is 13.5. The Morgan fingerprint density at radius 3 is 2.44 bits per heavy atom. The topological polar surface area (TPSA) is 126 Å². The van der Waals surface area contributed by atoms with Crippen LogP contribution in [0.4, 0.5) is 4.79 Å². The zero-order chi connectivity index (χ0) is 18.1. The van der Waals surface area contributed by atoms with Gasteiger partial charge in [0.1, 0.15) is 11.8 Å². The number of hydrogen-bond acceptors (Lipinski definition) is 4. The number of nitrogens with one attached hydrogen (secondary N) is 3. The lowest BCUT2D eigenvalue weighted by Gasteiger charge is -2.17. The fourth-order valence-electron chi connectivity index (χ4n) is 2.18. The third kappa shape index (κ3) is 6.38. The maximum atomic E-state index is 12.2. The van der Waals surface area contributed by atoms with Crippen LogP contribution in [0.5, 0.6) is 0 Å². The average Bonchev–Trinajstić information content (AvgIpc) is 3.11. The number of furan rings is 1. The lowest BCUT2D eigenvalue weighted by Crippen LogP contribution is -2.51. The van der Waals surface area contributed by atoms with Gasteiger partial charge in [-0.05, 0) is 17.7 Å². The quantitative estimate of drug-likeness (QED) is 0.549. The van der Waals surface area contributed by atoms with Gasteiger partial charge in [-0.3, -0.25) is 9.59 Å². The van der Waals surface area contributed by atoms with Gasteiger partial charge in [-0.15, -0.1) is 0 Å². The molecular formula is C17H20N4O4. The monoisotopic (exact) mass is 344 g/mol. The van der Waals surface area contributed by atoms with E-state index in [1.54, 1.807) is 12.1 Å². The number of carbonyl (C=O) groups is 3. The van der Waals surface area contributed by atoms with Gasteiger partial charge in [0, 0.05) is 6.42 Å². The summed E-state index contributed by atoms with van der Waals surface area (Å²) in [5, 5.41) is 7.48. The molecule has 0 fully saturated rings. The molecule has 2 rings (SSSR count). The molecule has 4 amide bonds. The minimum atomic E-state index is -0.863. The molecule has 2 aromatic rings. The standard InChI is InChI=1S/C17H20N4O4/c18-17(24)21-14(9-12-5-2-1-3-6-12)16(23)20-11-15(22)19-10-13-7-4-8-25-13/h1-8,14H,9-11H2,(H,19,22)(H,20,23)(H3,18,21,24). The largest absolute Gasteiger partial charge is 0.467 e. The molecular weight excluding hydrogens is 324 g/mol. The third-order valence-corrected chi connectivity index (χ3v) is 3.38. The highest BCUT2D eigenvalue weighted by molar-refractivity contribution is 5.90. The maximum Gasteiger partial charge on any atom is 0.312 e. The fraction of sp³-hybridized carbons (Fsp3) is 0.235. The molecule has 5 N–H and O–H groups in total. The van der Waals surface area contributed by atoms with Crippen molar-refractivity contribution in [3.8, 4) is 0 Å². The molecule has 0 aliphatic heterocycles. The van der Waals surface area contributed by atoms with Gasteiger partial charge >= 0.3 is 6.03 Å². The Morgan fingerprint density at radius 1 is 1.04 bits per heavy atom. The maximum absolute atomic E-state index is 12.2. The van der Waals surface area contributed by atoms with Crippen molar-refractivity contribution in [3.05, 3.63) is 60.1 Å². The smallest absolute Gasteiger partial charge is 0.312 e. The molecule has 1 unspecified atom stereocenters. The SMILES string of the molecule is NC(=O)NC(Cc1ccccc1)C(=O)NCC(=O)NCc1ccco1. The normalized spacial score (nSPS) is 11.4. The first kappa shape index (κ1) is 18.1. The highest BCUT2D eigenvalue weighted by Gasteiger charge is 2.20. The van der Waals surface area contributed by atoms with E-state index in [0.29, 0.717) is 5.76 Å². The highest BCUT2D eigenvalue weighted by atomic mass is 16.3. The average molecular weight is 344 g/mol. The summed E-state index contributed by atoms with van der Waals surface area (Å²) in [6, 6.07) is 10.9. The third-order valence-electron chi connectivity index (χ3n) is 3.38. The summed E-state index contributed by atoms with van der Waals surface area (Å²) in [5.41, 5.74) is 5.98. The summed E-state index contributed by atoms with van der Waals surface area (Å²) in [6.07, 6.45) is 1.77. The van der Waals surface area contributed by atoms with E-state index in [1.807, 2.05) is 30.3 Å². The summed E-state index contributed by atoms with van der Waals surface area (Å²) < 4.78 is 5.09. The molecule has 0 bridgehead atoms. The highest BCUT2D eigenvalue weighted by Crippen LogP contribution is 2.03. The van der Waals surface area contributed by atoms with E-state index < -0.39 is 18.0 Å². The van der Waals surface area contributed by atoms with Gasteiger partial charge in [-0.2, -0.15) is 0 Å². The predicted molar refractivity (Wildman–Crippen MR) is 90.2 cm³/mol. The fourth-order valence-corrected chi connectivity index (χ4v) is 2.18. The van der Waals surface area contributed by atoms with E-state index in [0.717, 1.165) is 5.56 Å². The van der Waals surface area contributed by atoms with Crippen LogP contribution in [0.15, 0.2) is 53.1 Å². The van der Waals surface area contributed by atoms with Crippen molar-refractivity contribution in [3.63, 3.8) is 0 Å². The minimum Gasteiger partial charge on any atom is -0.467 e. The molecule has 1 heterocycles. The van der Waals surface area contributed by atoms with Crippen molar-refractivity contribution < 1.29 is 18.8 Å². The van der Waals surface area contributed by atoms with Gasteiger partial charge < -0.3 is 26.1 Å². The summed E-state index contributed by atoms with van der Waals surface area (Å²) in [5.74, 6) is -0.255. The van der Waals surface area contributed by atoms with Crippen LogP contribution in [0.25, 0.3) is 0 Å². The van der Waals surface area contributed by atoms with Gasteiger partial charge in [0.05, 0.1) is 19.4 Å². The van der Waals surface area contributed by atoms with Crippen molar-refractivity contribution in [2.45, 2.75) is 19.0 Å². The molecule has 25 heavy (non-hydrogen) atoms. The Kier molecular flexibility index (Phi) is 6.58. The minimum absolute atomic E-state index is 0.217. The zero-order valence-corrected chi connectivity index (χ0v) is 13.5. The van der Waals surface area contributed by atoms with Crippen LogP contribution in [-0.4, -0.2) is 30.4 Å². The molecule has 0 radical (unpaired) electrons. The van der Waals surface area contributed by atoms with Crippen LogP contribution >= 0.6 is 0 Å². The van der Waals surface area contributed by atoms with Crippen LogP contribution in [0.1, 0.15) is 11.3 Å². The van der Waals surface area contributed by atoms with Crippen molar-refractivity contribution in [2.24, 2.45) is 5.73 Å². The number of hydrogen-bond donors (Lipinski definition) is 4. The molecule has 0 aliphatic rings. The number of urea groups is 1. The Balaban J connectivity index is 1.83. The van der Waals surface area contributed by atoms with E-state index in [9.17, 15) is 14.4 Å². The molecule has 0 saturated heterocycles. The first-order valence-electron chi connectivity index (χ1n) is 7.71. The molecule has 0 spiro atoms. The van der Waals surface area contributed by atoms with Crippen LogP contribution in [0.3, 0.4) is 0 Å². The van der Waals surface area contributed by atoms with Crippen molar-refractivity contribution in [2.75, 3.05) is 6.54 Å². The number of rotatable bonds is 8. The van der Waals surface area contributed by atoms with Crippen LogP contribution in [-0.2, 0) is 22.6 Å². The lowest BCUT2D eigenvalue weighted by molar-refractivity contribution is -0.127. The molecule has 0 aliphatic carbocycles. The number of nitrogens with two attached hydrogens (primary N) is 1. The molecule has 8 heteroatoms. The van der Waals surface area contributed by atoms with Gasteiger partial charge in [0.2, 0.25) is 11.8 Å². The summed E-state index contributed by atoms with van der Waals surface area (Å²) >= 11 is 0. The van der Waals surface area contributed by atoms with E-state index in [4.69, 9.17) is 10.2 Å². The summed E-state index contributed by atoms with van der Waals surface area (Å²) in [7, 11) is 0. The Bertz CT molecular complexity index is 701. The lowest BCUT2D eigenvalue weighted by atomic mass is 10.1. The number of carbonyl (C=O) groups excluding carboxylic acids is 3. The summed E-state index contributed by atoms with van der Waals surface area (Å²) in [6.45, 7) is 0.0138. The van der Waals surface area contributed by atoms with Crippen molar-refractivity contribution in [1.82, 2.24) is 16.0 Å². The first-order valence-corrected chi connectivity index (χ1v) is 7.71. The number of primary amides is 1. The van der Waals surface area contributed by atoms with Gasteiger partial charge in [-0.1, -0.05) is 30.3 Å².